The largest absolute Gasteiger partial charge is 0.399 e. The summed E-state index contributed by atoms with van der Waals surface area (Å²) < 4.78 is 0. The van der Waals surface area contributed by atoms with Crippen molar-refractivity contribution in [1.82, 2.24) is 9.88 Å². The van der Waals surface area contributed by atoms with Gasteiger partial charge in [-0.15, -0.1) is 0 Å². The quantitative estimate of drug-likeness (QED) is 0.869. The van der Waals surface area contributed by atoms with Gasteiger partial charge in [-0.2, -0.15) is 0 Å². The Morgan fingerprint density at radius 2 is 2.20 bits per heavy atom. The van der Waals surface area contributed by atoms with Gasteiger partial charge in [0.05, 0.1) is 5.52 Å². The van der Waals surface area contributed by atoms with Crippen LogP contribution in [0.15, 0.2) is 30.3 Å². The summed E-state index contributed by atoms with van der Waals surface area (Å²) in [6, 6.07) is 10.1. The van der Waals surface area contributed by atoms with Crippen molar-refractivity contribution in [3.8, 4) is 0 Å². The van der Waals surface area contributed by atoms with E-state index in [1.165, 1.54) is 19.5 Å². The van der Waals surface area contributed by atoms with Crippen molar-refractivity contribution in [3.05, 3.63) is 30.3 Å². The highest BCUT2D eigenvalue weighted by atomic mass is 15.2. The topological polar surface area (TPSA) is 45.4 Å². The fourth-order valence-corrected chi connectivity index (χ4v) is 3.00. The Bertz CT molecular complexity index is 610. The van der Waals surface area contributed by atoms with Crippen LogP contribution in [-0.2, 0) is 0 Å². The Kier molecular flexibility index (Phi) is 3.49. The lowest BCUT2D eigenvalue weighted by Crippen LogP contribution is -2.27. The normalized spacial score (nSPS) is 19.6. The van der Waals surface area contributed by atoms with Gasteiger partial charge in [0, 0.05) is 31.2 Å². The smallest absolute Gasteiger partial charge is 0.128 e. The Balaban J connectivity index is 1.77. The van der Waals surface area contributed by atoms with Crippen molar-refractivity contribution in [2.45, 2.75) is 6.42 Å². The van der Waals surface area contributed by atoms with Crippen LogP contribution in [0, 0.1) is 5.92 Å². The molecular weight excluding hydrogens is 248 g/mol. The number of likely N-dealkylation sites (tertiary alicyclic amines) is 1. The zero-order valence-electron chi connectivity index (χ0n) is 12.2. The second-order valence-corrected chi connectivity index (χ2v) is 5.92. The molecule has 1 atom stereocenters. The van der Waals surface area contributed by atoms with E-state index in [1.54, 1.807) is 0 Å². The van der Waals surface area contributed by atoms with E-state index in [0.29, 0.717) is 0 Å². The van der Waals surface area contributed by atoms with Crippen molar-refractivity contribution >= 4 is 22.4 Å². The molecule has 0 saturated carbocycles. The van der Waals surface area contributed by atoms with Gasteiger partial charge in [0.1, 0.15) is 5.82 Å². The minimum atomic E-state index is 0.744. The Labute approximate surface area is 120 Å². The summed E-state index contributed by atoms with van der Waals surface area (Å²) in [4.78, 5) is 9.40. The number of nitrogens with two attached hydrogens (primary N) is 1. The van der Waals surface area contributed by atoms with Crippen LogP contribution in [0.3, 0.4) is 0 Å². The number of aromatic nitrogens is 1. The molecule has 1 aliphatic heterocycles. The molecule has 3 rings (SSSR count). The van der Waals surface area contributed by atoms with Crippen molar-refractivity contribution in [3.63, 3.8) is 0 Å². The molecule has 4 heteroatoms. The van der Waals surface area contributed by atoms with Crippen molar-refractivity contribution < 1.29 is 0 Å². The third kappa shape index (κ3) is 2.70. The number of nitrogen functional groups attached to an aromatic ring is 1. The van der Waals surface area contributed by atoms with Gasteiger partial charge in [0.2, 0.25) is 0 Å². The van der Waals surface area contributed by atoms with E-state index < -0.39 is 0 Å². The van der Waals surface area contributed by atoms with Gasteiger partial charge in [-0.1, -0.05) is 0 Å². The van der Waals surface area contributed by atoms with Crippen LogP contribution in [-0.4, -0.2) is 43.6 Å². The molecule has 2 N–H and O–H groups in total. The molecule has 2 aromatic rings. The highest BCUT2D eigenvalue weighted by Crippen LogP contribution is 2.22. The van der Waals surface area contributed by atoms with E-state index in [9.17, 15) is 0 Å². The maximum Gasteiger partial charge on any atom is 0.128 e. The minimum Gasteiger partial charge on any atom is -0.399 e. The molecule has 4 nitrogen and oxygen atoms in total. The van der Waals surface area contributed by atoms with E-state index in [0.717, 1.165) is 34.9 Å². The van der Waals surface area contributed by atoms with Gasteiger partial charge in [0.25, 0.3) is 0 Å². The fourth-order valence-electron chi connectivity index (χ4n) is 3.00. The zero-order chi connectivity index (χ0) is 14.1. The van der Waals surface area contributed by atoms with E-state index in [2.05, 4.69) is 36.0 Å². The molecule has 1 aliphatic rings. The van der Waals surface area contributed by atoms with E-state index in [4.69, 9.17) is 10.7 Å². The van der Waals surface area contributed by atoms with Gasteiger partial charge < -0.3 is 15.5 Å². The van der Waals surface area contributed by atoms with Crippen molar-refractivity contribution in [2.75, 3.05) is 44.4 Å². The number of hydrogen-bond acceptors (Lipinski definition) is 4. The van der Waals surface area contributed by atoms with Crippen LogP contribution in [0.25, 0.3) is 10.9 Å². The maximum atomic E-state index is 5.80. The molecule has 20 heavy (non-hydrogen) atoms. The van der Waals surface area contributed by atoms with Crippen LogP contribution >= 0.6 is 0 Å². The van der Waals surface area contributed by atoms with E-state index in [-0.39, 0.29) is 0 Å². The second kappa shape index (κ2) is 5.29. The predicted molar refractivity (Wildman–Crippen MR) is 85.0 cm³/mol. The average Bonchev–Trinajstić information content (AvgIpc) is 2.83. The molecule has 1 unspecified atom stereocenters. The summed E-state index contributed by atoms with van der Waals surface area (Å²) in [5, 5.41) is 1.10. The Morgan fingerprint density at radius 3 is 2.95 bits per heavy atom. The third-order valence-electron chi connectivity index (χ3n) is 4.11. The first-order chi connectivity index (χ1) is 9.61. The second-order valence-electron chi connectivity index (χ2n) is 5.92. The molecular formula is C16H22N4. The highest BCUT2D eigenvalue weighted by Gasteiger charge is 2.21. The van der Waals surface area contributed by atoms with Gasteiger partial charge in [-0.25, -0.2) is 4.98 Å². The third-order valence-corrected chi connectivity index (χ3v) is 4.11. The van der Waals surface area contributed by atoms with Gasteiger partial charge in [0.15, 0.2) is 0 Å². The first-order valence-corrected chi connectivity index (χ1v) is 7.18. The molecule has 1 aromatic heterocycles. The van der Waals surface area contributed by atoms with Gasteiger partial charge >= 0.3 is 0 Å². The number of hydrogen-bond donors (Lipinski definition) is 1. The molecule has 1 aromatic carbocycles. The summed E-state index contributed by atoms with van der Waals surface area (Å²) in [7, 11) is 4.32. The standard InChI is InChI=1S/C16H22N4/c1-19-8-7-12(10-19)11-20(2)16-6-3-13-9-14(17)4-5-15(13)18-16/h3-6,9,12H,7-8,10-11,17H2,1-2H3. The summed E-state index contributed by atoms with van der Waals surface area (Å²) in [5.74, 6) is 1.78. The van der Waals surface area contributed by atoms with Crippen LogP contribution in [0.4, 0.5) is 11.5 Å². The summed E-state index contributed by atoms with van der Waals surface area (Å²) in [6.07, 6.45) is 1.28. The number of fused-ring (bicyclic) bond motifs is 1. The minimum absolute atomic E-state index is 0.744. The van der Waals surface area contributed by atoms with Crippen LogP contribution in [0.1, 0.15) is 6.42 Å². The van der Waals surface area contributed by atoms with Gasteiger partial charge in [-0.05, 0) is 56.3 Å². The molecule has 0 aliphatic carbocycles. The lowest BCUT2D eigenvalue weighted by atomic mass is 10.1. The van der Waals surface area contributed by atoms with Crippen molar-refractivity contribution in [2.24, 2.45) is 5.92 Å². The lowest BCUT2D eigenvalue weighted by Gasteiger charge is -2.22. The van der Waals surface area contributed by atoms with E-state index >= 15 is 0 Å². The molecule has 0 bridgehead atoms. The molecule has 1 saturated heterocycles. The number of rotatable bonds is 3. The zero-order valence-corrected chi connectivity index (χ0v) is 12.2. The molecule has 2 heterocycles. The molecule has 0 spiro atoms. The summed E-state index contributed by atoms with van der Waals surface area (Å²) in [5.41, 5.74) is 7.59. The molecule has 0 radical (unpaired) electrons. The number of benzene rings is 1. The van der Waals surface area contributed by atoms with Crippen LogP contribution in [0.2, 0.25) is 0 Å². The monoisotopic (exact) mass is 270 g/mol. The predicted octanol–water partition coefficient (Wildman–Crippen LogP) is 2.20. The number of nitrogens with zero attached hydrogens (tertiary/aromatic N) is 3. The van der Waals surface area contributed by atoms with Crippen LogP contribution < -0.4 is 10.6 Å². The van der Waals surface area contributed by atoms with E-state index in [1.807, 2.05) is 18.2 Å². The fraction of sp³-hybridized carbons (Fsp3) is 0.438. The average molecular weight is 270 g/mol. The lowest BCUT2D eigenvalue weighted by molar-refractivity contribution is 0.395. The number of pyridine rings is 1. The SMILES string of the molecule is CN1CCC(CN(C)c2ccc3cc(N)ccc3n2)C1. The Morgan fingerprint density at radius 1 is 1.35 bits per heavy atom. The highest BCUT2D eigenvalue weighted by molar-refractivity contribution is 5.83. The Hall–Kier alpha value is -1.81. The first kappa shape index (κ1) is 13.2. The summed E-state index contributed by atoms with van der Waals surface area (Å²) in [6.45, 7) is 3.47. The molecule has 0 amide bonds. The first-order valence-electron chi connectivity index (χ1n) is 7.18. The molecule has 106 valence electrons. The summed E-state index contributed by atoms with van der Waals surface area (Å²) >= 11 is 0. The van der Waals surface area contributed by atoms with Crippen molar-refractivity contribution in [1.29, 1.82) is 0 Å². The van der Waals surface area contributed by atoms with Gasteiger partial charge in [-0.3, -0.25) is 0 Å². The molecule has 1 fully saturated rings. The van der Waals surface area contributed by atoms with Crippen LogP contribution in [0.5, 0.6) is 0 Å². The number of anilines is 2. The maximum absolute atomic E-state index is 5.80.